The van der Waals surface area contributed by atoms with Gasteiger partial charge in [-0.1, -0.05) is 29.6 Å². The Morgan fingerprint density at radius 1 is 1.08 bits per heavy atom. The molecule has 2 N–H and O–H groups in total. The zero-order valence-electron chi connectivity index (χ0n) is 19.8. The smallest absolute Gasteiger partial charge is 0.279 e. The second-order valence-electron chi connectivity index (χ2n) is 8.11. The predicted molar refractivity (Wildman–Crippen MR) is 135 cm³/mol. The molecule has 2 atom stereocenters. The number of aliphatic hydroxyl groups is 1. The van der Waals surface area contributed by atoms with Gasteiger partial charge in [-0.05, 0) is 17.7 Å². The van der Waals surface area contributed by atoms with Gasteiger partial charge in [-0.15, -0.1) is 0 Å². The lowest BCUT2D eigenvalue weighted by Crippen LogP contribution is -2.43. The van der Waals surface area contributed by atoms with E-state index in [0.717, 1.165) is 0 Å². The number of hydrogen-bond donors (Lipinski definition) is 2. The first-order chi connectivity index (χ1) is 17.4. The van der Waals surface area contributed by atoms with Gasteiger partial charge < -0.3 is 29.3 Å². The van der Waals surface area contributed by atoms with Gasteiger partial charge in [0.15, 0.2) is 28.1 Å². The molecular formula is C23H24N4O7S2. The summed E-state index contributed by atoms with van der Waals surface area (Å²) in [6.07, 6.45) is 0.219. The number of benzene rings is 1. The molecule has 3 aliphatic rings. The number of ether oxygens (including phenoxy) is 3. The molecule has 1 fully saturated rings. The third kappa shape index (κ3) is 4.00. The summed E-state index contributed by atoms with van der Waals surface area (Å²) in [6, 6.07) is 3.27. The van der Waals surface area contributed by atoms with Gasteiger partial charge in [-0.3, -0.25) is 14.2 Å². The first-order valence-electron chi connectivity index (χ1n) is 11.1. The lowest BCUT2D eigenvalue weighted by Gasteiger charge is -2.30. The van der Waals surface area contributed by atoms with Crippen molar-refractivity contribution in [2.75, 3.05) is 39.4 Å². The second kappa shape index (κ2) is 9.71. The standard InChI is InChI=1S/C23H24N4O7S2/c1-32-14-8-11(9-15(33-2)17(14)34-3)12(16-19(29)25-23-27(21(16)31)5-7-36-23)10-13-18(28)24-22-26(20(13)30)4-6-35-22/h8-10,12,20,29-30H,4-7H2,1-3H3/b13-10+. The molecule has 1 aromatic carbocycles. The maximum atomic E-state index is 13.6. The van der Waals surface area contributed by atoms with E-state index < -0.39 is 29.5 Å². The van der Waals surface area contributed by atoms with Crippen LogP contribution in [-0.4, -0.2) is 81.3 Å². The quantitative estimate of drug-likeness (QED) is 0.413. The number of aliphatic imine (C=N–C) groups is 1. The number of hydrogen-bond acceptors (Lipinski definition) is 11. The van der Waals surface area contributed by atoms with Crippen LogP contribution >= 0.6 is 23.5 Å². The SMILES string of the molecule is COc1cc(C(/C=C2\C(=O)N=C3SCCN3C2O)c2c(O)nc3n(c2=O)CCS3)cc(OC)c1OC. The average Bonchev–Trinajstić information content (AvgIpc) is 3.54. The largest absolute Gasteiger partial charge is 0.493 e. The van der Waals surface area contributed by atoms with Crippen molar-refractivity contribution >= 4 is 34.6 Å². The fourth-order valence-electron chi connectivity index (χ4n) is 4.48. The summed E-state index contributed by atoms with van der Waals surface area (Å²) < 4.78 is 17.9. The monoisotopic (exact) mass is 532 g/mol. The minimum absolute atomic E-state index is 0.00123. The number of aromatic hydroxyl groups is 1. The molecule has 0 aliphatic carbocycles. The summed E-state index contributed by atoms with van der Waals surface area (Å²) in [5, 5.41) is 22.8. The molecule has 4 heterocycles. The van der Waals surface area contributed by atoms with Crippen molar-refractivity contribution < 1.29 is 29.2 Å². The molecule has 0 bridgehead atoms. The Morgan fingerprint density at radius 2 is 1.78 bits per heavy atom. The van der Waals surface area contributed by atoms with Crippen LogP contribution < -0.4 is 19.8 Å². The van der Waals surface area contributed by atoms with E-state index in [1.54, 1.807) is 17.0 Å². The number of allylic oxidation sites excluding steroid dienone is 1. The molecule has 2 aromatic rings. The van der Waals surface area contributed by atoms with Gasteiger partial charge in [0.2, 0.25) is 11.6 Å². The highest BCUT2D eigenvalue weighted by atomic mass is 32.2. The Labute approximate surface area is 214 Å². The van der Waals surface area contributed by atoms with Gasteiger partial charge in [0.1, 0.15) is 0 Å². The first-order valence-corrected chi connectivity index (χ1v) is 13.0. The number of rotatable bonds is 6. The van der Waals surface area contributed by atoms with Crippen molar-refractivity contribution in [1.29, 1.82) is 0 Å². The van der Waals surface area contributed by atoms with Crippen LogP contribution in [0.1, 0.15) is 17.0 Å². The highest BCUT2D eigenvalue weighted by Gasteiger charge is 2.38. The maximum Gasteiger partial charge on any atom is 0.279 e. The molecule has 13 heteroatoms. The predicted octanol–water partition coefficient (Wildman–Crippen LogP) is 1.40. The minimum atomic E-state index is -1.24. The summed E-state index contributed by atoms with van der Waals surface area (Å²) in [7, 11) is 4.40. The number of methoxy groups -OCH3 is 3. The molecule has 0 radical (unpaired) electrons. The van der Waals surface area contributed by atoms with Crippen molar-refractivity contribution in [2.24, 2.45) is 4.99 Å². The molecular weight excluding hydrogens is 508 g/mol. The van der Waals surface area contributed by atoms with Gasteiger partial charge >= 0.3 is 0 Å². The van der Waals surface area contributed by atoms with E-state index >= 15 is 0 Å². The van der Waals surface area contributed by atoms with E-state index in [1.165, 1.54) is 55.5 Å². The average molecular weight is 533 g/mol. The van der Waals surface area contributed by atoms with E-state index in [2.05, 4.69) is 9.98 Å². The molecule has 11 nitrogen and oxygen atoms in total. The van der Waals surface area contributed by atoms with Crippen molar-refractivity contribution in [2.45, 2.75) is 23.8 Å². The third-order valence-corrected chi connectivity index (χ3v) is 8.15. The van der Waals surface area contributed by atoms with Crippen LogP contribution in [-0.2, 0) is 11.3 Å². The van der Waals surface area contributed by atoms with Crippen LogP contribution in [0.3, 0.4) is 0 Å². The van der Waals surface area contributed by atoms with Crippen LogP contribution in [0, 0.1) is 0 Å². The van der Waals surface area contributed by atoms with E-state index in [1.807, 2.05) is 0 Å². The highest BCUT2D eigenvalue weighted by molar-refractivity contribution is 8.14. The number of carbonyl (C=O) groups is 1. The third-order valence-electron chi connectivity index (χ3n) is 6.22. The lowest BCUT2D eigenvalue weighted by atomic mass is 9.89. The molecule has 1 saturated heterocycles. The highest BCUT2D eigenvalue weighted by Crippen LogP contribution is 2.43. The summed E-state index contributed by atoms with van der Waals surface area (Å²) in [6.45, 7) is 0.966. The number of fused-ring (bicyclic) bond motifs is 2. The summed E-state index contributed by atoms with van der Waals surface area (Å²) in [5.74, 6) is 0.306. The molecule has 190 valence electrons. The van der Waals surface area contributed by atoms with E-state index in [-0.39, 0.29) is 11.1 Å². The van der Waals surface area contributed by atoms with Crippen LogP contribution in [0.2, 0.25) is 0 Å². The first kappa shape index (κ1) is 24.5. The van der Waals surface area contributed by atoms with Gasteiger partial charge in [0.05, 0.1) is 32.5 Å². The van der Waals surface area contributed by atoms with Crippen LogP contribution in [0.25, 0.3) is 0 Å². The summed E-state index contributed by atoms with van der Waals surface area (Å²) >= 11 is 2.77. The number of nitrogens with zero attached hydrogens (tertiary/aromatic N) is 4. The van der Waals surface area contributed by atoms with Gasteiger partial charge in [-0.25, -0.2) is 0 Å². The van der Waals surface area contributed by atoms with E-state index in [9.17, 15) is 19.8 Å². The van der Waals surface area contributed by atoms with Crippen molar-refractivity contribution in [1.82, 2.24) is 14.5 Å². The molecule has 0 spiro atoms. The van der Waals surface area contributed by atoms with Gasteiger partial charge in [-0.2, -0.15) is 9.98 Å². The van der Waals surface area contributed by atoms with Crippen LogP contribution in [0.5, 0.6) is 23.1 Å². The van der Waals surface area contributed by atoms with Crippen molar-refractivity contribution in [3.63, 3.8) is 0 Å². The van der Waals surface area contributed by atoms with Crippen molar-refractivity contribution in [3.05, 3.63) is 45.3 Å². The van der Waals surface area contributed by atoms with Gasteiger partial charge in [0.25, 0.3) is 11.5 Å². The van der Waals surface area contributed by atoms with Crippen LogP contribution in [0.4, 0.5) is 0 Å². The Bertz CT molecular complexity index is 1330. The Hall–Kier alpha value is -3.16. The Morgan fingerprint density at radius 3 is 2.44 bits per heavy atom. The number of thioether (sulfide) groups is 2. The van der Waals surface area contributed by atoms with E-state index in [0.29, 0.717) is 57.7 Å². The number of amides is 1. The van der Waals surface area contributed by atoms with Crippen molar-refractivity contribution in [3.8, 4) is 23.1 Å². The molecule has 1 amide bonds. The zero-order valence-corrected chi connectivity index (χ0v) is 21.4. The normalized spacial score (nSPS) is 20.7. The number of aliphatic hydroxyl groups excluding tert-OH is 1. The summed E-state index contributed by atoms with van der Waals surface area (Å²) in [5.41, 5.74) is -0.00739. The maximum absolute atomic E-state index is 13.6. The number of carbonyl (C=O) groups excluding carboxylic acids is 1. The molecule has 2 unspecified atom stereocenters. The zero-order chi connectivity index (χ0) is 25.6. The number of aromatic nitrogens is 2. The fourth-order valence-corrected chi connectivity index (χ4v) is 6.39. The molecule has 1 aromatic heterocycles. The second-order valence-corrected chi connectivity index (χ2v) is 10.2. The minimum Gasteiger partial charge on any atom is -0.493 e. The van der Waals surface area contributed by atoms with Gasteiger partial charge in [0, 0.05) is 30.5 Å². The fraction of sp³-hybridized carbons (Fsp3) is 0.391. The summed E-state index contributed by atoms with van der Waals surface area (Å²) in [4.78, 5) is 36.5. The Balaban J connectivity index is 1.75. The number of amidine groups is 1. The molecule has 3 aliphatic heterocycles. The lowest BCUT2D eigenvalue weighted by molar-refractivity contribution is -0.116. The Kier molecular flexibility index (Phi) is 6.62. The van der Waals surface area contributed by atoms with E-state index in [4.69, 9.17) is 14.2 Å². The molecule has 0 saturated carbocycles. The van der Waals surface area contributed by atoms with Crippen LogP contribution in [0.15, 0.2) is 38.7 Å². The molecule has 36 heavy (non-hydrogen) atoms. The molecule has 5 rings (SSSR count). The topological polar surface area (TPSA) is 136 Å².